The number of carbonyl (C=O) groups excluding carboxylic acids is 1. The molecule has 0 fully saturated rings. The smallest absolute Gasteiger partial charge is 0.220 e. The predicted molar refractivity (Wildman–Crippen MR) is 64.5 cm³/mol. The first-order valence-electron chi connectivity index (χ1n) is 4.71. The van der Waals surface area contributed by atoms with Crippen molar-refractivity contribution >= 4 is 38.6 Å². The predicted octanol–water partition coefficient (Wildman–Crippen LogP) is 2.97. The molecule has 0 saturated carbocycles. The highest BCUT2D eigenvalue weighted by molar-refractivity contribution is 8.14. The maximum Gasteiger partial charge on any atom is 0.220 e. The van der Waals surface area contributed by atoms with E-state index in [1.807, 2.05) is 18.2 Å². The maximum atomic E-state index is 11.8. The third-order valence-electron chi connectivity index (χ3n) is 1.93. The third kappa shape index (κ3) is 2.18. The minimum atomic E-state index is 0.119. The summed E-state index contributed by atoms with van der Waals surface area (Å²) in [5.41, 5.74) is 1.55. The van der Waals surface area contributed by atoms with Crippen LogP contribution in [0.3, 0.4) is 0 Å². The van der Waals surface area contributed by atoms with Gasteiger partial charge in [-0.15, -0.1) is 5.10 Å². The molecule has 2 rings (SSSR count). The van der Waals surface area contributed by atoms with Gasteiger partial charge in [0.15, 0.2) is 0 Å². The van der Waals surface area contributed by atoms with Crippen molar-refractivity contribution in [3.63, 3.8) is 0 Å². The van der Waals surface area contributed by atoms with Crippen LogP contribution in [0, 0.1) is 0 Å². The number of hydrogen-bond donors (Lipinski definition) is 0. The lowest BCUT2D eigenvalue weighted by molar-refractivity contribution is 0.109. The fraction of sp³-hybridized carbons (Fsp3) is 0.300. The number of aromatic nitrogens is 2. The van der Waals surface area contributed by atoms with Crippen molar-refractivity contribution in [2.24, 2.45) is 0 Å². The third-order valence-corrected chi connectivity index (χ3v) is 3.80. The van der Waals surface area contributed by atoms with Gasteiger partial charge in [-0.25, -0.2) is 0 Å². The van der Waals surface area contributed by atoms with Crippen LogP contribution in [0.1, 0.15) is 23.7 Å². The van der Waals surface area contributed by atoms with Gasteiger partial charge in [-0.2, -0.15) is 0 Å². The van der Waals surface area contributed by atoms with Crippen LogP contribution in [0.15, 0.2) is 18.2 Å². The monoisotopic (exact) mass is 238 g/mol. The van der Waals surface area contributed by atoms with Gasteiger partial charge >= 0.3 is 0 Å². The first-order valence-corrected chi connectivity index (χ1v) is 6.47. The van der Waals surface area contributed by atoms with E-state index >= 15 is 0 Å². The highest BCUT2D eigenvalue weighted by Crippen LogP contribution is 2.24. The molecule has 0 aliphatic carbocycles. The SMILES string of the molecule is CCCSC(=O)c1cccc2nnsc12. The first-order chi connectivity index (χ1) is 7.33. The van der Waals surface area contributed by atoms with Crippen LogP contribution in [0.25, 0.3) is 10.2 Å². The van der Waals surface area contributed by atoms with E-state index in [1.54, 1.807) is 0 Å². The second-order valence-corrected chi connectivity index (χ2v) is 4.88. The minimum Gasteiger partial charge on any atom is -0.282 e. The Morgan fingerprint density at radius 2 is 2.40 bits per heavy atom. The summed E-state index contributed by atoms with van der Waals surface area (Å²) in [5, 5.41) is 4.07. The van der Waals surface area contributed by atoms with Crippen molar-refractivity contribution in [3.05, 3.63) is 23.8 Å². The summed E-state index contributed by atoms with van der Waals surface area (Å²) in [6.07, 6.45) is 1.01. The molecule has 0 spiro atoms. The van der Waals surface area contributed by atoms with Crippen molar-refractivity contribution < 1.29 is 4.79 Å². The number of hydrogen-bond acceptors (Lipinski definition) is 5. The van der Waals surface area contributed by atoms with E-state index in [0.717, 1.165) is 28.0 Å². The van der Waals surface area contributed by atoms with E-state index in [9.17, 15) is 4.79 Å². The molecule has 0 unspecified atom stereocenters. The van der Waals surface area contributed by atoms with Crippen molar-refractivity contribution in [2.75, 3.05) is 5.75 Å². The lowest BCUT2D eigenvalue weighted by atomic mass is 10.2. The Bertz CT molecular complexity index is 481. The second-order valence-electron chi connectivity index (χ2n) is 3.06. The summed E-state index contributed by atoms with van der Waals surface area (Å²) in [4.78, 5) is 11.8. The average molecular weight is 238 g/mol. The highest BCUT2D eigenvalue weighted by atomic mass is 32.2. The van der Waals surface area contributed by atoms with Crippen molar-refractivity contribution in [1.29, 1.82) is 0 Å². The number of nitrogens with zero attached hydrogens (tertiary/aromatic N) is 2. The van der Waals surface area contributed by atoms with E-state index in [1.165, 1.54) is 23.3 Å². The molecule has 1 aromatic heterocycles. The van der Waals surface area contributed by atoms with Gasteiger partial charge in [-0.1, -0.05) is 29.2 Å². The Kier molecular flexibility index (Phi) is 3.33. The van der Waals surface area contributed by atoms with E-state index in [4.69, 9.17) is 0 Å². The zero-order valence-corrected chi connectivity index (χ0v) is 9.90. The Morgan fingerprint density at radius 1 is 1.53 bits per heavy atom. The average Bonchev–Trinajstić information content (AvgIpc) is 2.73. The molecule has 0 amide bonds. The molecule has 0 atom stereocenters. The molecule has 0 N–H and O–H groups in total. The van der Waals surface area contributed by atoms with Gasteiger partial charge in [0.2, 0.25) is 5.12 Å². The fourth-order valence-electron chi connectivity index (χ4n) is 1.24. The molecule has 78 valence electrons. The molecule has 2 aromatic rings. The van der Waals surface area contributed by atoms with Gasteiger partial charge in [-0.05, 0) is 30.1 Å². The quantitative estimate of drug-likeness (QED) is 0.824. The summed E-state index contributed by atoms with van der Waals surface area (Å²) in [7, 11) is 0. The van der Waals surface area contributed by atoms with E-state index in [-0.39, 0.29) is 5.12 Å². The molecule has 1 heterocycles. The molecule has 0 saturated heterocycles. The summed E-state index contributed by atoms with van der Waals surface area (Å²) in [6.45, 7) is 2.06. The lowest BCUT2D eigenvalue weighted by Crippen LogP contribution is -1.94. The number of thioether (sulfide) groups is 1. The Balaban J connectivity index is 2.34. The molecular weight excluding hydrogens is 228 g/mol. The van der Waals surface area contributed by atoms with Crippen LogP contribution in [-0.2, 0) is 0 Å². The zero-order chi connectivity index (χ0) is 10.7. The standard InChI is InChI=1S/C10H10N2OS2/c1-2-6-14-10(13)7-4-3-5-8-9(7)15-12-11-8/h3-5H,2,6H2,1H3. The number of fused-ring (bicyclic) bond motifs is 1. The van der Waals surface area contributed by atoms with Crippen LogP contribution < -0.4 is 0 Å². The number of carbonyl (C=O) groups is 1. The van der Waals surface area contributed by atoms with Crippen molar-refractivity contribution in [2.45, 2.75) is 13.3 Å². The van der Waals surface area contributed by atoms with Crippen molar-refractivity contribution in [1.82, 2.24) is 9.59 Å². The molecule has 0 aliphatic rings. The van der Waals surface area contributed by atoms with Gasteiger partial charge in [0, 0.05) is 11.3 Å². The second kappa shape index (κ2) is 4.72. The number of rotatable bonds is 3. The first kappa shape index (κ1) is 10.6. The maximum absolute atomic E-state index is 11.8. The van der Waals surface area contributed by atoms with Gasteiger partial charge in [0.05, 0.1) is 4.70 Å². The largest absolute Gasteiger partial charge is 0.282 e. The molecule has 15 heavy (non-hydrogen) atoms. The summed E-state index contributed by atoms with van der Waals surface area (Å²) >= 11 is 2.64. The van der Waals surface area contributed by atoms with E-state index < -0.39 is 0 Å². The van der Waals surface area contributed by atoms with Crippen LogP contribution in [0.4, 0.5) is 0 Å². The molecule has 0 radical (unpaired) electrons. The molecule has 1 aromatic carbocycles. The molecule has 0 bridgehead atoms. The number of benzene rings is 1. The molecule has 5 heteroatoms. The van der Waals surface area contributed by atoms with Crippen LogP contribution in [0.5, 0.6) is 0 Å². The highest BCUT2D eigenvalue weighted by Gasteiger charge is 2.12. The van der Waals surface area contributed by atoms with Gasteiger partial charge in [0.25, 0.3) is 0 Å². The van der Waals surface area contributed by atoms with E-state index in [2.05, 4.69) is 16.5 Å². The summed E-state index contributed by atoms with van der Waals surface area (Å²) < 4.78 is 4.75. The normalized spacial score (nSPS) is 10.7. The Labute approximate surface area is 96.0 Å². The van der Waals surface area contributed by atoms with Gasteiger partial charge in [0.1, 0.15) is 5.52 Å². The topological polar surface area (TPSA) is 42.9 Å². The van der Waals surface area contributed by atoms with E-state index in [0.29, 0.717) is 0 Å². The molecule has 0 aliphatic heterocycles. The van der Waals surface area contributed by atoms with Gasteiger partial charge < -0.3 is 0 Å². The van der Waals surface area contributed by atoms with Crippen LogP contribution in [-0.4, -0.2) is 20.5 Å². The zero-order valence-electron chi connectivity index (χ0n) is 8.27. The molecular formula is C10H10N2OS2. The minimum absolute atomic E-state index is 0.119. The Hall–Kier alpha value is -0.940. The van der Waals surface area contributed by atoms with Crippen molar-refractivity contribution in [3.8, 4) is 0 Å². The van der Waals surface area contributed by atoms with Crippen LogP contribution >= 0.6 is 23.3 Å². The summed E-state index contributed by atoms with van der Waals surface area (Å²) in [6, 6.07) is 5.57. The summed E-state index contributed by atoms with van der Waals surface area (Å²) in [5.74, 6) is 0.863. The lowest BCUT2D eigenvalue weighted by Gasteiger charge is -1.99. The van der Waals surface area contributed by atoms with Gasteiger partial charge in [-0.3, -0.25) is 4.79 Å². The Morgan fingerprint density at radius 3 is 3.20 bits per heavy atom. The molecule has 3 nitrogen and oxygen atoms in total. The fourth-order valence-corrected chi connectivity index (χ4v) is 2.69. The van der Waals surface area contributed by atoms with Crippen LogP contribution in [0.2, 0.25) is 0 Å².